The van der Waals surface area contributed by atoms with E-state index in [1.165, 1.54) is 0 Å². The van der Waals surface area contributed by atoms with E-state index in [9.17, 15) is 9.59 Å². The van der Waals surface area contributed by atoms with Gasteiger partial charge in [0.2, 0.25) is 5.91 Å². The molecular formula is C9H9NO2. The van der Waals surface area contributed by atoms with Gasteiger partial charge in [0.15, 0.2) is 0 Å². The van der Waals surface area contributed by atoms with E-state index < -0.39 is 0 Å². The van der Waals surface area contributed by atoms with Crippen LogP contribution in [0, 0.1) is 5.92 Å². The molecule has 1 atom stereocenters. The maximum atomic E-state index is 11.1. The summed E-state index contributed by atoms with van der Waals surface area (Å²) >= 11 is 0. The number of nitrogens with one attached hydrogen (secondary N) is 1. The van der Waals surface area contributed by atoms with Gasteiger partial charge in [0, 0.05) is 5.57 Å². The van der Waals surface area contributed by atoms with E-state index in [4.69, 9.17) is 0 Å². The molecule has 0 aromatic heterocycles. The average molecular weight is 163 g/mol. The topological polar surface area (TPSA) is 46.2 Å². The summed E-state index contributed by atoms with van der Waals surface area (Å²) < 4.78 is 0. The van der Waals surface area contributed by atoms with Crippen molar-refractivity contribution in [3.05, 3.63) is 23.3 Å². The molecule has 3 heteroatoms. The third kappa shape index (κ3) is 0.897. The lowest BCUT2D eigenvalue weighted by Crippen LogP contribution is -2.21. The number of hydrogen-bond acceptors (Lipinski definition) is 2. The fourth-order valence-corrected chi connectivity index (χ4v) is 1.58. The van der Waals surface area contributed by atoms with Crippen LogP contribution < -0.4 is 5.32 Å². The molecule has 1 fully saturated rings. The number of fused-ring (bicyclic) bond motifs is 1. The number of carbonyl (C=O) groups excluding carboxylic acids is 2. The van der Waals surface area contributed by atoms with Crippen molar-refractivity contribution in [3.8, 4) is 0 Å². The van der Waals surface area contributed by atoms with E-state index >= 15 is 0 Å². The number of rotatable bonds is 0. The van der Waals surface area contributed by atoms with Crippen molar-refractivity contribution in [1.29, 1.82) is 0 Å². The first-order valence-corrected chi connectivity index (χ1v) is 3.92. The molecule has 0 radical (unpaired) electrons. The maximum absolute atomic E-state index is 11.1. The molecule has 1 N–H and O–H groups in total. The zero-order chi connectivity index (χ0) is 8.72. The molecule has 1 aliphatic heterocycles. The molecule has 1 saturated heterocycles. The third-order valence-electron chi connectivity index (χ3n) is 2.25. The van der Waals surface area contributed by atoms with Gasteiger partial charge in [-0.3, -0.25) is 14.9 Å². The Balaban J connectivity index is 2.42. The van der Waals surface area contributed by atoms with Crippen molar-refractivity contribution >= 4 is 11.8 Å². The van der Waals surface area contributed by atoms with E-state index in [-0.39, 0.29) is 17.7 Å². The van der Waals surface area contributed by atoms with Crippen molar-refractivity contribution < 1.29 is 9.59 Å². The van der Waals surface area contributed by atoms with Gasteiger partial charge in [-0.2, -0.15) is 0 Å². The van der Waals surface area contributed by atoms with Crippen molar-refractivity contribution in [2.45, 2.75) is 13.3 Å². The van der Waals surface area contributed by atoms with E-state index in [1.54, 1.807) is 6.08 Å². The zero-order valence-electron chi connectivity index (χ0n) is 6.76. The highest BCUT2D eigenvalue weighted by Crippen LogP contribution is 2.27. The van der Waals surface area contributed by atoms with Crippen LogP contribution in [0.4, 0.5) is 0 Å². The first kappa shape index (κ1) is 7.28. The van der Waals surface area contributed by atoms with Crippen molar-refractivity contribution in [2.75, 3.05) is 0 Å². The van der Waals surface area contributed by atoms with Crippen LogP contribution in [0.15, 0.2) is 23.3 Å². The molecule has 2 aliphatic rings. The second kappa shape index (κ2) is 2.30. The average Bonchev–Trinajstić information content (AvgIpc) is 2.28. The zero-order valence-corrected chi connectivity index (χ0v) is 6.76. The monoisotopic (exact) mass is 163 g/mol. The number of carbonyl (C=O) groups is 2. The van der Waals surface area contributed by atoms with E-state index in [0.717, 1.165) is 5.57 Å². The van der Waals surface area contributed by atoms with Gasteiger partial charge in [-0.25, -0.2) is 0 Å². The van der Waals surface area contributed by atoms with Gasteiger partial charge < -0.3 is 0 Å². The predicted molar refractivity (Wildman–Crippen MR) is 43.1 cm³/mol. The summed E-state index contributed by atoms with van der Waals surface area (Å²) in [5, 5.41) is 2.30. The minimum atomic E-state index is -0.225. The molecule has 2 rings (SSSR count). The van der Waals surface area contributed by atoms with Crippen LogP contribution in [-0.4, -0.2) is 11.8 Å². The van der Waals surface area contributed by atoms with Gasteiger partial charge in [0.1, 0.15) is 0 Å². The predicted octanol–water partition coefficient (Wildman–Crippen LogP) is 0.535. The van der Waals surface area contributed by atoms with Crippen LogP contribution in [-0.2, 0) is 9.59 Å². The molecule has 0 bridgehead atoms. The molecule has 1 aliphatic carbocycles. The summed E-state index contributed by atoms with van der Waals surface area (Å²) in [4.78, 5) is 22.3. The van der Waals surface area contributed by atoms with Crippen LogP contribution in [0.3, 0.4) is 0 Å². The fraction of sp³-hybridized carbons (Fsp3) is 0.333. The Morgan fingerprint density at radius 1 is 1.50 bits per heavy atom. The van der Waals surface area contributed by atoms with Crippen molar-refractivity contribution in [2.24, 2.45) is 5.92 Å². The maximum Gasteiger partial charge on any atom is 0.254 e. The highest BCUT2D eigenvalue weighted by molar-refractivity contribution is 6.15. The van der Waals surface area contributed by atoms with Gasteiger partial charge in [-0.1, -0.05) is 17.7 Å². The highest BCUT2D eigenvalue weighted by atomic mass is 16.2. The fourth-order valence-electron chi connectivity index (χ4n) is 1.58. The SMILES string of the molecule is CC1=CCC2C(=O)NC(=O)C2=C1. The summed E-state index contributed by atoms with van der Waals surface area (Å²) in [6, 6.07) is 0. The number of amides is 2. The van der Waals surface area contributed by atoms with Crippen LogP contribution in [0.2, 0.25) is 0 Å². The van der Waals surface area contributed by atoms with Crippen LogP contribution >= 0.6 is 0 Å². The van der Waals surface area contributed by atoms with E-state index in [0.29, 0.717) is 12.0 Å². The minimum absolute atomic E-state index is 0.157. The lowest BCUT2D eigenvalue weighted by molar-refractivity contribution is -0.125. The molecule has 3 nitrogen and oxygen atoms in total. The quantitative estimate of drug-likeness (QED) is 0.529. The Kier molecular flexibility index (Phi) is 1.40. The van der Waals surface area contributed by atoms with Crippen LogP contribution in [0.25, 0.3) is 0 Å². The van der Waals surface area contributed by atoms with E-state index in [1.807, 2.05) is 13.0 Å². The molecule has 0 saturated carbocycles. The number of imide groups is 1. The molecule has 1 heterocycles. The lowest BCUT2D eigenvalue weighted by atomic mass is 9.91. The summed E-state index contributed by atoms with van der Waals surface area (Å²) in [6.07, 6.45) is 4.43. The molecule has 12 heavy (non-hydrogen) atoms. The number of hydrogen-bond donors (Lipinski definition) is 1. The Labute approximate surface area is 70.1 Å². The largest absolute Gasteiger partial charge is 0.292 e. The second-order valence-corrected chi connectivity index (χ2v) is 3.15. The Morgan fingerprint density at radius 3 is 3.00 bits per heavy atom. The summed E-state index contributed by atoms with van der Waals surface area (Å²) in [7, 11) is 0. The molecule has 0 aromatic carbocycles. The summed E-state index contributed by atoms with van der Waals surface area (Å²) in [5.74, 6) is -0.603. The van der Waals surface area contributed by atoms with Gasteiger partial charge in [-0.05, 0) is 13.3 Å². The second-order valence-electron chi connectivity index (χ2n) is 3.15. The highest BCUT2D eigenvalue weighted by Gasteiger charge is 2.36. The van der Waals surface area contributed by atoms with Crippen LogP contribution in [0.5, 0.6) is 0 Å². The standard InChI is InChI=1S/C9H9NO2/c1-5-2-3-6-7(4-5)9(12)10-8(6)11/h2,4,6H,3H2,1H3,(H,10,11,12). The van der Waals surface area contributed by atoms with Gasteiger partial charge in [-0.15, -0.1) is 0 Å². The third-order valence-corrected chi connectivity index (χ3v) is 2.25. The Morgan fingerprint density at radius 2 is 2.25 bits per heavy atom. The normalized spacial score (nSPS) is 27.6. The van der Waals surface area contributed by atoms with E-state index in [2.05, 4.69) is 5.32 Å². The molecule has 62 valence electrons. The van der Waals surface area contributed by atoms with Gasteiger partial charge in [0.25, 0.3) is 5.91 Å². The first-order chi connectivity index (χ1) is 5.68. The number of allylic oxidation sites excluding steroid dienone is 3. The Bertz CT molecular complexity index is 325. The summed E-state index contributed by atoms with van der Waals surface area (Å²) in [6.45, 7) is 1.93. The first-order valence-electron chi connectivity index (χ1n) is 3.92. The van der Waals surface area contributed by atoms with Gasteiger partial charge >= 0.3 is 0 Å². The van der Waals surface area contributed by atoms with Crippen LogP contribution in [0.1, 0.15) is 13.3 Å². The molecule has 0 aromatic rings. The Hall–Kier alpha value is -1.38. The minimum Gasteiger partial charge on any atom is -0.292 e. The van der Waals surface area contributed by atoms with Crippen molar-refractivity contribution in [3.63, 3.8) is 0 Å². The smallest absolute Gasteiger partial charge is 0.254 e. The molecule has 0 spiro atoms. The molecular weight excluding hydrogens is 154 g/mol. The molecule has 1 unspecified atom stereocenters. The van der Waals surface area contributed by atoms with Crippen molar-refractivity contribution in [1.82, 2.24) is 5.32 Å². The molecule has 2 amide bonds. The van der Waals surface area contributed by atoms with Gasteiger partial charge in [0.05, 0.1) is 5.92 Å². The summed E-state index contributed by atoms with van der Waals surface area (Å²) in [5.41, 5.74) is 1.69. The lowest BCUT2D eigenvalue weighted by Gasteiger charge is -2.10.